The molecule has 12 heteroatoms. The third kappa shape index (κ3) is 6.15. The van der Waals surface area contributed by atoms with Crippen molar-refractivity contribution in [2.75, 3.05) is 56.9 Å². The highest BCUT2D eigenvalue weighted by Gasteiger charge is 2.22. The van der Waals surface area contributed by atoms with Crippen LogP contribution in [0.15, 0.2) is 42.7 Å². The second-order valence-corrected chi connectivity index (χ2v) is 8.14. The zero-order valence-corrected chi connectivity index (χ0v) is 20.0. The van der Waals surface area contributed by atoms with Gasteiger partial charge in [-0.25, -0.2) is 9.97 Å². The molecular formula is C22H26ClN7O4. The van der Waals surface area contributed by atoms with E-state index in [4.69, 9.17) is 16.3 Å². The van der Waals surface area contributed by atoms with Gasteiger partial charge in [-0.2, -0.15) is 0 Å². The number of likely N-dealkylation sites (N-methyl/N-ethyl adjacent to an activating group) is 2. The van der Waals surface area contributed by atoms with Crippen molar-refractivity contribution in [3.63, 3.8) is 0 Å². The van der Waals surface area contributed by atoms with Crippen molar-refractivity contribution in [2.24, 2.45) is 0 Å². The summed E-state index contributed by atoms with van der Waals surface area (Å²) in [5, 5.41) is 27.7. The van der Waals surface area contributed by atoms with Crippen LogP contribution in [-0.2, 0) is 0 Å². The Morgan fingerprint density at radius 1 is 1.09 bits per heavy atom. The molecule has 3 N–H and O–H groups in total. The molecule has 0 aliphatic heterocycles. The predicted octanol–water partition coefficient (Wildman–Crippen LogP) is 4.24. The highest BCUT2D eigenvalue weighted by Crippen LogP contribution is 2.39. The molecule has 0 radical (unpaired) electrons. The number of nitro groups is 1. The van der Waals surface area contributed by atoms with Crippen LogP contribution in [0.4, 0.5) is 34.4 Å². The molecule has 0 saturated heterocycles. The predicted molar refractivity (Wildman–Crippen MR) is 133 cm³/mol. The Kier molecular flexibility index (Phi) is 7.92. The molecule has 3 rings (SSSR count). The number of halogens is 1. The first kappa shape index (κ1) is 24.8. The van der Waals surface area contributed by atoms with Crippen molar-refractivity contribution < 1.29 is 14.8 Å². The Balaban J connectivity index is 1.88. The summed E-state index contributed by atoms with van der Waals surface area (Å²) in [4.78, 5) is 23.6. The molecule has 0 amide bonds. The number of nitrogens with one attached hydrogen (secondary N) is 2. The molecular weight excluding hydrogens is 462 g/mol. The van der Waals surface area contributed by atoms with Gasteiger partial charge in [0.2, 0.25) is 0 Å². The van der Waals surface area contributed by atoms with Gasteiger partial charge in [0, 0.05) is 44.0 Å². The standard InChI is InChI=1S/C22H26ClN7O4/c1-28(2)7-8-29(3)17-11-20(34-4)16(10-18(17)30(32)33)27-22-12-21(24-13-25-22)26-14-5-6-19(31)15(23)9-14/h5-6,9-13,31H,7-8H2,1-4H3,(H2,24,25,26,27). The smallest absolute Gasteiger partial charge is 0.294 e. The second-order valence-electron chi connectivity index (χ2n) is 7.73. The maximum Gasteiger partial charge on any atom is 0.294 e. The number of rotatable bonds is 10. The van der Waals surface area contributed by atoms with Crippen molar-refractivity contribution in [1.82, 2.24) is 14.9 Å². The van der Waals surface area contributed by atoms with Gasteiger partial charge in [-0.3, -0.25) is 10.1 Å². The molecule has 0 aliphatic carbocycles. The minimum absolute atomic E-state index is 0.0262. The first-order valence-electron chi connectivity index (χ1n) is 10.2. The van der Waals surface area contributed by atoms with Crippen molar-refractivity contribution in [1.29, 1.82) is 0 Å². The maximum atomic E-state index is 11.8. The molecule has 0 spiro atoms. The highest BCUT2D eigenvalue weighted by molar-refractivity contribution is 6.32. The van der Waals surface area contributed by atoms with E-state index in [1.165, 1.54) is 25.6 Å². The van der Waals surface area contributed by atoms with Crippen LogP contribution in [0.5, 0.6) is 11.5 Å². The lowest BCUT2D eigenvalue weighted by atomic mass is 10.2. The minimum atomic E-state index is -0.423. The van der Waals surface area contributed by atoms with Crippen molar-refractivity contribution in [2.45, 2.75) is 0 Å². The number of ether oxygens (including phenoxy) is 1. The third-order valence-electron chi connectivity index (χ3n) is 4.94. The summed E-state index contributed by atoms with van der Waals surface area (Å²) < 4.78 is 5.50. The van der Waals surface area contributed by atoms with Crippen LogP contribution in [-0.4, -0.2) is 66.2 Å². The van der Waals surface area contributed by atoms with Crippen LogP contribution in [0.25, 0.3) is 0 Å². The van der Waals surface area contributed by atoms with Crippen LogP contribution in [0.2, 0.25) is 5.02 Å². The molecule has 0 unspecified atom stereocenters. The highest BCUT2D eigenvalue weighted by atomic mass is 35.5. The molecule has 0 bridgehead atoms. The summed E-state index contributed by atoms with van der Waals surface area (Å²) in [5.41, 5.74) is 1.39. The molecule has 34 heavy (non-hydrogen) atoms. The van der Waals surface area contributed by atoms with Gasteiger partial charge in [0.05, 0.1) is 22.7 Å². The zero-order valence-electron chi connectivity index (χ0n) is 19.2. The number of nitrogens with zero attached hydrogens (tertiary/aromatic N) is 5. The molecule has 0 fully saturated rings. The van der Waals surface area contributed by atoms with Crippen LogP contribution in [0, 0.1) is 10.1 Å². The number of benzene rings is 2. The third-order valence-corrected chi connectivity index (χ3v) is 5.24. The van der Waals surface area contributed by atoms with E-state index in [-0.39, 0.29) is 16.5 Å². The monoisotopic (exact) mass is 487 g/mol. The molecule has 0 saturated carbocycles. The summed E-state index contributed by atoms with van der Waals surface area (Å²) in [6.45, 7) is 1.34. The van der Waals surface area contributed by atoms with Gasteiger partial charge in [0.15, 0.2) is 0 Å². The first-order chi connectivity index (χ1) is 16.2. The molecule has 1 heterocycles. The Bertz CT molecular complexity index is 1180. The van der Waals surface area contributed by atoms with Gasteiger partial charge >= 0.3 is 0 Å². The molecule has 2 aromatic carbocycles. The number of methoxy groups -OCH3 is 1. The zero-order chi connectivity index (χ0) is 24.8. The normalized spacial score (nSPS) is 10.8. The number of anilines is 5. The number of phenols is 1. The fourth-order valence-corrected chi connectivity index (χ4v) is 3.29. The van der Waals surface area contributed by atoms with E-state index in [0.29, 0.717) is 41.0 Å². The van der Waals surface area contributed by atoms with Gasteiger partial charge in [-0.05, 0) is 32.3 Å². The average Bonchev–Trinajstić information content (AvgIpc) is 2.79. The van der Waals surface area contributed by atoms with Gasteiger partial charge < -0.3 is 30.3 Å². The summed E-state index contributed by atoms with van der Waals surface area (Å²) in [5.74, 6) is 1.24. The Morgan fingerprint density at radius 2 is 1.79 bits per heavy atom. The van der Waals surface area contributed by atoms with E-state index in [2.05, 4.69) is 20.6 Å². The number of hydrogen-bond donors (Lipinski definition) is 3. The Morgan fingerprint density at radius 3 is 2.41 bits per heavy atom. The van der Waals surface area contributed by atoms with Crippen molar-refractivity contribution in [3.05, 3.63) is 57.9 Å². The molecule has 0 atom stereocenters. The fraction of sp³-hybridized carbons (Fsp3) is 0.273. The lowest BCUT2D eigenvalue weighted by Crippen LogP contribution is -2.28. The quantitative estimate of drug-likeness (QED) is 0.217. The van der Waals surface area contributed by atoms with Gasteiger partial charge in [-0.15, -0.1) is 0 Å². The van der Waals surface area contributed by atoms with Gasteiger partial charge in [0.1, 0.15) is 35.1 Å². The van der Waals surface area contributed by atoms with Crippen LogP contribution in [0.3, 0.4) is 0 Å². The molecule has 3 aromatic rings. The van der Waals surface area contributed by atoms with E-state index in [1.807, 2.05) is 23.9 Å². The van der Waals surface area contributed by atoms with E-state index in [1.54, 1.807) is 31.3 Å². The summed E-state index contributed by atoms with van der Waals surface area (Å²) in [7, 11) is 7.18. The summed E-state index contributed by atoms with van der Waals surface area (Å²) in [6.07, 6.45) is 1.34. The fourth-order valence-electron chi connectivity index (χ4n) is 3.11. The van der Waals surface area contributed by atoms with E-state index in [9.17, 15) is 15.2 Å². The average molecular weight is 488 g/mol. The minimum Gasteiger partial charge on any atom is -0.506 e. The van der Waals surface area contributed by atoms with Crippen LogP contribution >= 0.6 is 11.6 Å². The number of nitro benzene ring substituents is 1. The Hall–Kier alpha value is -3.83. The van der Waals surface area contributed by atoms with Crippen LogP contribution < -0.4 is 20.3 Å². The second kappa shape index (κ2) is 10.9. The molecule has 11 nitrogen and oxygen atoms in total. The topological polar surface area (TPSA) is 129 Å². The summed E-state index contributed by atoms with van der Waals surface area (Å²) >= 11 is 5.95. The molecule has 1 aromatic heterocycles. The molecule has 0 aliphatic rings. The van der Waals surface area contributed by atoms with Gasteiger partial charge in [0.25, 0.3) is 5.69 Å². The largest absolute Gasteiger partial charge is 0.506 e. The van der Waals surface area contributed by atoms with Gasteiger partial charge in [-0.1, -0.05) is 11.6 Å². The van der Waals surface area contributed by atoms with E-state index < -0.39 is 4.92 Å². The number of hydrogen-bond acceptors (Lipinski definition) is 10. The van der Waals surface area contributed by atoms with E-state index in [0.717, 1.165) is 6.54 Å². The molecule has 180 valence electrons. The van der Waals surface area contributed by atoms with Crippen molar-refractivity contribution >= 4 is 46.0 Å². The lowest BCUT2D eigenvalue weighted by molar-refractivity contribution is -0.384. The summed E-state index contributed by atoms with van der Waals surface area (Å²) in [6, 6.07) is 9.36. The number of aromatic hydroxyl groups is 1. The van der Waals surface area contributed by atoms with Crippen LogP contribution in [0.1, 0.15) is 0 Å². The number of aromatic nitrogens is 2. The lowest BCUT2D eigenvalue weighted by Gasteiger charge is -2.23. The van der Waals surface area contributed by atoms with E-state index >= 15 is 0 Å². The Labute approximate surface area is 202 Å². The van der Waals surface area contributed by atoms with Crippen molar-refractivity contribution in [3.8, 4) is 11.5 Å². The SMILES string of the molecule is COc1cc(N(C)CCN(C)C)c([N+](=O)[O-])cc1Nc1cc(Nc2ccc(O)c(Cl)c2)ncn1. The maximum absolute atomic E-state index is 11.8. The first-order valence-corrected chi connectivity index (χ1v) is 10.6. The number of phenolic OH excluding ortho intramolecular Hbond substituents is 1.